The van der Waals surface area contributed by atoms with Gasteiger partial charge in [0.05, 0.1) is 10.6 Å². The van der Waals surface area contributed by atoms with E-state index in [1.807, 2.05) is 39.0 Å². The van der Waals surface area contributed by atoms with Gasteiger partial charge in [-0.15, -0.1) is 0 Å². The Morgan fingerprint density at radius 1 is 1.24 bits per heavy atom. The first-order valence-corrected chi connectivity index (χ1v) is 7.17. The standard InChI is InChI=1S/C16H18ClN3O/c1-4-18-15-8-13(14(17)9-19-15)16(21)20-12-6-5-10(2)11(3)7-12/h5-9H,4H2,1-3H3,(H,18,19)(H,20,21). The molecular weight excluding hydrogens is 286 g/mol. The molecule has 0 aliphatic heterocycles. The van der Waals surface area contributed by atoms with Crippen molar-refractivity contribution < 1.29 is 4.79 Å². The largest absolute Gasteiger partial charge is 0.370 e. The summed E-state index contributed by atoms with van der Waals surface area (Å²) < 4.78 is 0. The van der Waals surface area contributed by atoms with Crippen LogP contribution < -0.4 is 10.6 Å². The molecule has 21 heavy (non-hydrogen) atoms. The maximum Gasteiger partial charge on any atom is 0.257 e. The van der Waals surface area contributed by atoms with Gasteiger partial charge in [-0.2, -0.15) is 0 Å². The fourth-order valence-corrected chi connectivity index (χ4v) is 2.10. The summed E-state index contributed by atoms with van der Waals surface area (Å²) in [7, 11) is 0. The molecule has 2 aromatic rings. The summed E-state index contributed by atoms with van der Waals surface area (Å²) in [6.45, 7) is 6.73. The molecule has 0 bridgehead atoms. The number of carbonyl (C=O) groups excluding carboxylic acids is 1. The second-order valence-corrected chi connectivity index (χ2v) is 5.24. The first-order valence-electron chi connectivity index (χ1n) is 6.79. The molecule has 1 heterocycles. The molecule has 0 saturated heterocycles. The molecule has 0 saturated carbocycles. The number of aryl methyl sites for hydroxylation is 2. The summed E-state index contributed by atoms with van der Waals surface area (Å²) in [6.07, 6.45) is 1.48. The van der Waals surface area contributed by atoms with Gasteiger partial charge in [0.15, 0.2) is 0 Å². The van der Waals surface area contributed by atoms with E-state index in [0.717, 1.165) is 17.8 Å². The molecule has 0 aliphatic rings. The van der Waals surface area contributed by atoms with Gasteiger partial charge < -0.3 is 10.6 Å². The monoisotopic (exact) mass is 303 g/mol. The van der Waals surface area contributed by atoms with Gasteiger partial charge in [-0.1, -0.05) is 17.7 Å². The Hall–Kier alpha value is -2.07. The predicted molar refractivity (Wildman–Crippen MR) is 87.3 cm³/mol. The summed E-state index contributed by atoms with van der Waals surface area (Å²) in [5.74, 6) is 0.386. The summed E-state index contributed by atoms with van der Waals surface area (Å²) in [6, 6.07) is 7.44. The molecule has 5 heteroatoms. The number of hydrogen-bond donors (Lipinski definition) is 2. The van der Waals surface area contributed by atoms with Crippen LogP contribution in [0.1, 0.15) is 28.4 Å². The first-order chi connectivity index (χ1) is 10.0. The van der Waals surface area contributed by atoms with Crippen molar-refractivity contribution in [3.05, 3.63) is 52.2 Å². The number of anilines is 2. The van der Waals surface area contributed by atoms with E-state index in [4.69, 9.17) is 11.6 Å². The molecule has 110 valence electrons. The van der Waals surface area contributed by atoms with Crippen molar-refractivity contribution in [2.24, 2.45) is 0 Å². The average Bonchev–Trinajstić information content (AvgIpc) is 2.45. The van der Waals surface area contributed by atoms with Gasteiger partial charge >= 0.3 is 0 Å². The van der Waals surface area contributed by atoms with Gasteiger partial charge in [-0.25, -0.2) is 4.98 Å². The number of nitrogens with zero attached hydrogens (tertiary/aromatic N) is 1. The number of nitrogens with one attached hydrogen (secondary N) is 2. The molecule has 2 rings (SSSR count). The van der Waals surface area contributed by atoms with Gasteiger partial charge in [0.25, 0.3) is 5.91 Å². The number of hydrogen-bond acceptors (Lipinski definition) is 3. The van der Waals surface area contributed by atoms with E-state index in [2.05, 4.69) is 15.6 Å². The van der Waals surface area contributed by atoms with E-state index in [1.165, 1.54) is 11.8 Å². The molecule has 0 aliphatic carbocycles. The van der Waals surface area contributed by atoms with Crippen molar-refractivity contribution >= 4 is 29.0 Å². The zero-order valence-corrected chi connectivity index (χ0v) is 13.1. The number of halogens is 1. The fraction of sp³-hybridized carbons (Fsp3) is 0.250. The van der Waals surface area contributed by atoms with Gasteiger partial charge in [-0.05, 0) is 50.1 Å². The van der Waals surface area contributed by atoms with E-state index in [1.54, 1.807) is 6.07 Å². The highest BCUT2D eigenvalue weighted by molar-refractivity contribution is 6.34. The number of pyridine rings is 1. The smallest absolute Gasteiger partial charge is 0.257 e. The van der Waals surface area contributed by atoms with Crippen LogP contribution in [0.2, 0.25) is 5.02 Å². The van der Waals surface area contributed by atoms with Crippen molar-refractivity contribution in [2.75, 3.05) is 17.2 Å². The molecule has 1 aromatic carbocycles. The molecule has 1 aromatic heterocycles. The maximum atomic E-state index is 12.3. The van der Waals surface area contributed by atoms with Crippen molar-refractivity contribution in [1.82, 2.24) is 4.98 Å². The lowest BCUT2D eigenvalue weighted by Gasteiger charge is -2.10. The Labute approximate surface area is 129 Å². The lowest BCUT2D eigenvalue weighted by molar-refractivity contribution is 0.102. The molecule has 0 radical (unpaired) electrons. The molecule has 1 amide bonds. The topological polar surface area (TPSA) is 54.0 Å². The van der Waals surface area contributed by atoms with E-state index in [-0.39, 0.29) is 5.91 Å². The highest BCUT2D eigenvalue weighted by Crippen LogP contribution is 2.20. The van der Waals surface area contributed by atoms with Gasteiger partial charge in [0.1, 0.15) is 5.82 Å². The number of rotatable bonds is 4. The Morgan fingerprint density at radius 3 is 2.67 bits per heavy atom. The maximum absolute atomic E-state index is 12.3. The second kappa shape index (κ2) is 6.59. The lowest BCUT2D eigenvalue weighted by atomic mass is 10.1. The minimum absolute atomic E-state index is 0.246. The van der Waals surface area contributed by atoms with Crippen LogP contribution in [0.15, 0.2) is 30.5 Å². The molecule has 0 fully saturated rings. The van der Waals surface area contributed by atoms with E-state index < -0.39 is 0 Å². The molecule has 0 unspecified atom stereocenters. The molecule has 0 spiro atoms. The number of carbonyl (C=O) groups is 1. The van der Waals surface area contributed by atoms with Crippen LogP contribution in [-0.2, 0) is 0 Å². The zero-order valence-electron chi connectivity index (χ0n) is 12.3. The summed E-state index contributed by atoms with van der Waals surface area (Å²) in [5.41, 5.74) is 3.47. The Morgan fingerprint density at radius 2 is 2.00 bits per heavy atom. The second-order valence-electron chi connectivity index (χ2n) is 4.83. The first kappa shape index (κ1) is 15.3. The zero-order chi connectivity index (χ0) is 15.4. The number of aromatic nitrogens is 1. The van der Waals surface area contributed by atoms with Crippen LogP contribution in [0.25, 0.3) is 0 Å². The third kappa shape index (κ3) is 3.73. The van der Waals surface area contributed by atoms with Crippen molar-refractivity contribution in [3.63, 3.8) is 0 Å². The summed E-state index contributed by atoms with van der Waals surface area (Å²) in [5, 5.41) is 6.25. The van der Waals surface area contributed by atoms with Gasteiger partial charge in [0.2, 0.25) is 0 Å². The molecule has 2 N–H and O–H groups in total. The van der Waals surface area contributed by atoms with Crippen LogP contribution in [0, 0.1) is 13.8 Å². The molecular formula is C16H18ClN3O. The fourth-order valence-electron chi connectivity index (χ4n) is 1.91. The highest BCUT2D eigenvalue weighted by atomic mass is 35.5. The van der Waals surface area contributed by atoms with Crippen LogP contribution >= 0.6 is 11.6 Å². The summed E-state index contributed by atoms with van der Waals surface area (Å²) in [4.78, 5) is 16.5. The average molecular weight is 304 g/mol. The van der Waals surface area contributed by atoms with Gasteiger partial charge in [-0.3, -0.25) is 4.79 Å². The minimum Gasteiger partial charge on any atom is -0.370 e. The van der Waals surface area contributed by atoms with E-state index in [9.17, 15) is 4.79 Å². The van der Waals surface area contributed by atoms with E-state index >= 15 is 0 Å². The van der Waals surface area contributed by atoms with Gasteiger partial charge in [0, 0.05) is 18.4 Å². The van der Waals surface area contributed by atoms with Crippen molar-refractivity contribution in [3.8, 4) is 0 Å². The SMILES string of the molecule is CCNc1cc(C(=O)Nc2ccc(C)c(C)c2)c(Cl)cn1. The third-order valence-corrected chi connectivity index (χ3v) is 3.52. The van der Waals surface area contributed by atoms with Crippen LogP contribution in [0.3, 0.4) is 0 Å². The highest BCUT2D eigenvalue weighted by Gasteiger charge is 2.12. The summed E-state index contributed by atoms with van der Waals surface area (Å²) >= 11 is 6.06. The molecule has 0 atom stereocenters. The third-order valence-electron chi connectivity index (χ3n) is 3.22. The van der Waals surface area contributed by atoms with E-state index in [0.29, 0.717) is 16.4 Å². The van der Waals surface area contributed by atoms with Crippen LogP contribution in [0.4, 0.5) is 11.5 Å². The van der Waals surface area contributed by atoms with Crippen LogP contribution in [0.5, 0.6) is 0 Å². The Kier molecular flexibility index (Phi) is 4.81. The Balaban J connectivity index is 2.23. The van der Waals surface area contributed by atoms with Crippen molar-refractivity contribution in [1.29, 1.82) is 0 Å². The molecule has 4 nitrogen and oxygen atoms in total. The quantitative estimate of drug-likeness (QED) is 0.896. The number of benzene rings is 1. The lowest BCUT2D eigenvalue weighted by Crippen LogP contribution is -2.13. The van der Waals surface area contributed by atoms with Crippen molar-refractivity contribution in [2.45, 2.75) is 20.8 Å². The minimum atomic E-state index is -0.246. The Bertz CT molecular complexity index is 671. The number of amides is 1. The normalized spacial score (nSPS) is 10.3. The predicted octanol–water partition coefficient (Wildman–Crippen LogP) is 4.04. The van der Waals surface area contributed by atoms with Crippen LogP contribution in [-0.4, -0.2) is 17.4 Å².